The number of nitrogens with one attached hydrogen (secondary N) is 1. The molecule has 0 aliphatic heterocycles. The Kier molecular flexibility index (Phi) is 7.25. The van der Waals surface area contributed by atoms with Gasteiger partial charge in [0.1, 0.15) is 0 Å². The van der Waals surface area contributed by atoms with Gasteiger partial charge < -0.3 is 11.1 Å². The smallest absolute Gasteiger partial charge is 0.220 e. The second-order valence-corrected chi connectivity index (χ2v) is 5.45. The molecule has 3 N–H and O–H groups in total. The van der Waals surface area contributed by atoms with E-state index in [-0.39, 0.29) is 5.91 Å². The predicted octanol–water partition coefficient (Wildman–Crippen LogP) is 2.59. The van der Waals surface area contributed by atoms with E-state index in [0.29, 0.717) is 19.0 Å². The zero-order valence-electron chi connectivity index (χ0n) is 11.2. The van der Waals surface area contributed by atoms with E-state index in [2.05, 4.69) is 12.2 Å². The molecule has 0 bridgehead atoms. The van der Waals surface area contributed by atoms with Crippen molar-refractivity contribution in [2.24, 2.45) is 11.7 Å². The van der Waals surface area contributed by atoms with Gasteiger partial charge in [0.2, 0.25) is 5.91 Å². The molecule has 0 aromatic rings. The SMILES string of the molecule is C[C@@H](CC1CCCCC1)NC(=O)CCCCN. The van der Waals surface area contributed by atoms with Crippen LogP contribution in [0.3, 0.4) is 0 Å². The molecule has 3 nitrogen and oxygen atoms in total. The van der Waals surface area contributed by atoms with Crippen LogP contribution in [-0.2, 0) is 4.79 Å². The first kappa shape index (κ1) is 14.5. The molecule has 0 saturated heterocycles. The van der Waals surface area contributed by atoms with Gasteiger partial charge in [-0.05, 0) is 38.6 Å². The third kappa shape index (κ3) is 6.67. The van der Waals surface area contributed by atoms with Crippen molar-refractivity contribution in [3.05, 3.63) is 0 Å². The number of carbonyl (C=O) groups excluding carboxylic acids is 1. The molecular weight excluding hydrogens is 212 g/mol. The number of carbonyl (C=O) groups is 1. The van der Waals surface area contributed by atoms with E-state index in [1.54, 1.807) is 0 Å². The number of nitrogens with two attached hydrogens (primary N) is 1. The first-order chi connectivity index (χ1) is 8.22. The molecule has 1 aliphatic carbocycles. The van der Waals surface area contributed by atoms with Gasteiger partial charge >= 0.3 is 0 Å². The minimum absolute atomic E-state index is 0.196. The zero-order valence-corrected chi connectivity index (χ0v) is 11.2. The predicted molar refractivity (Wildman–Crippen MR) is 71.7 cm³/mol. The molecule has 0 unspecified atom stereocenters. The number of hydrogen-bond acceptors (Lipinski definition) is 2. The van der Waals surface area contributed by atoms with Gasteiger partial charge in [0, 0.05) is 12.5 Å². The lowest BCUT2D eigenvalue weighted by Gasteiger charge is -2.25. The summed E-state index contributed by atoms with van der Waals surface area (Å²) < 4.78 is 0. The van der Waals surface area contributed by atoms with E-state index < -0.39 is 0 Å². The molecule has 0 aromatic carbocycles. The molecule has 1 fully saturated rings. The van der Waals surface area contributed by atoms with Crippen LogP contribution in [0, 0.1) is 5.92 Å². The van der Waals surface area contributed by atoms with Crippen LogP contribution in [-0.4, -0.2) is 18.5 Å². The van der Waals surface area contributed by atoms with Crippen molar-refractivity contribution in [2.45, 2.75) is 70.8 Å². The summed E-state index contributed by atoms with van der Waals surface area (Å²) in [6.45, 7) is 2.82. The van der Waals surface area contributed by atoms with Crippen molar-refractivity contribution < 1.29 is 4.79 Å². The van der Waals surface area contributed by atoms with Gasteiger partial charge in [0.15, 0.2) is 0 Å². The summed E-state index contributed by atoms with van der Waals surface area (Å²) in [5, 5.41) is 3.11. The van der Waals surface area contributed by atoms with Crippen LogP contribution in [0.1, 0.15) is 64.7 Å². The first-order valence-corrected chi connectivity index (χ1v) is 7.21. The quantitative estimate of drug-likeness (QED) is 0.672. The van der Waals surface area contributed by atoms with Crippen molar-refractivity contribution >= 4 is 5.91 Å². The Bertz CT molecular complexity index is 212. The molecule has 0 aromatic heterocycles. The molecule has 1 rings (SSSR count). The Morgan fingerprint density at radius 3 is 2.65 bits per heavy atom. The summed E-state index contributed by atoms with van der Waals surface area (Å²) in [6.07, 6.45) is 10.5. The first-order valence-electron chi connectivity index (χ1n) is 7.21. The van der Waals surface area contributed by atoms with E-state index >= 15 is 0 Å². The summed E-state index contributed by atoms with van der Waals surface area (Å²) in [5.41, 5.74) is 5.41. The molecule has 100 valence electrons. The second kappa shape index (κ2) is 8.51. The van der Waals surface area contributed by atoms with Gasteiger partial charge in [0.05, 0.1) is 0 Å². The van der Waals surface area contributed by atoms with E-state index in [9.17, 15) is 4.79 Å². The third-order valence-electron chi connectivity index (χ3n) is 3.68. The summed E-state index contributed by atoms with van der Waals surface area (Å²) in [4.78, 5) is 11.6. The molecule has 0 radical (unpaired) electrons. The normalized spacial score (nSPS) is 18.9. The molecular formula is C14H28N2O. The molecule has 0 heterocycles. The van der Waals surface area contributed by atoms with Gasteiger partial charge in [-0.3, -0.25) is 4.79 Å². The Hall–Kier alpha value is -0.570. The minimum atomic E-state index is 0.196. The maximum absolute atomic E-state index is 11.6. The maximum atomic E-state index is 11.6. The largest absolute Gasteiger partial charge is 0.354 e. The van der Waals surface area contributed by atoms with Crippen molar-refractivity contribution in [2.75, 3.05) is 6.54 Å². The monoisotopic (exact) mass is 240 g/mol. The highest BCUT2D eigenvalue weighted by Crippen LogP contribution is 2.27. The summed E-state index contributed by atoms with van der Waals surface area (Å²) in [6, 6.07) is 0.337. The zero-order chi connectivity index (χ0) is 12.5. The fourth-order valence-electron chi connectivity index (χ4n) is 2.76. The van der Waals surface area contributed by atoms with Crippen LogP contribution in [0.2, 0.25) is 0 Å². The van der Waals surface area contributed by atoms with Crippen molar-refractivity contribution in [3.8, 4) is 0 Å². The average Bonchev–Trinajstić information content (AvgIpc) is 2.30. The average molecular weight is 240 g/mol. The summed E-state index contributed by atoms with van der Waals surface area (Å²) in [5.74, 6) is 1.03. The highest BCUT2D eigenvalue weighted by atomic mass is 16.1. The fraction of sp³-hybridized carbons (Fsp3) is 0.929. The lowest BCUT2D eigenvalue weighted by molar-refractivity contribution is -0.121. The fourth-order valence-corrected chi connectivity index (χ4v) is 2.76. The summed E-state index contributed by atoms with van der Waals surface area (Å²) in [7, 11) is 0. The van der Waals surface area contributed by atoms with Gasteiger partial charge in [0.25, 0.3) is 0 Å². The minimum Gasteiger partial charge on any atom is -0.354 e. The van der Waals surface area contributed by atoms with E-state index in [1.807, 2.05) is 0 Å². The lowest BCUT2D eigenvalue weighted by Crippen LogP contribution is -2.34. The van der Waals surface area contributed by atoms with Crippen LogP contribution >= 0.6 is 0 Å². The van der Waals surface area contributed by atoms with E-state index in [4.69, 9.17) is 5.73 Å². The van der Waals surface area contributed by atoms with E-state index in [1.165, 1.54) is 32.1 Å². The van der Waals surface area contributed by atoms with Gasteiger partial charge in [-0.2, -0.15) is 0 Å². The van der Waals surface area contributed by atoms with Crippen LogP contribution in [0.15, 0.2) is 0 Å². The van der Waals surface area contributed by atoms with Crippen LogP contribution in [0.5, 0.6) is 0 Å². The molecule has 17 heavy (non-hydrogen) atoms. The van der Waals surface area contributed by atoms with Gasteiger partial charge in [-0.15, -0.1) is 0 Å². The highest BCUT2D eigenvalue weighted by molar-refractivity contribution is 5.76. The second-order valence-electron chi connectivity index (χ2n) is 5.45. The number of hydrogen-bond donors (Lipinski definition) is 2. The molecule has 0 spiro atoms. The van der Waals surface area contributed by atoms with Gasteiger partial charge in [-0.1, -0.05) is 32.1 Å². The molecule has 3 heteroatoms. The van der Waals surface area contributed by atoms with Crippen LogP contribution < -0.4 is 11.1 Å². The van der Waals surface area contributed by atoms with Crippen molar-refractivity contribution in [3.63, 3.8) is 0 Å². The third-order valence-corrected chi connectivity index (χ3v) is 3.68. The Morgan fingerprint density at radius 1 is 1.29 bits per heavy atom. The van der Waals surface area contributed by atoms with E-state index in [0.717, 1.165) is 25.2 Å². The molecule has 1 saturated carbocycles. The van der Waals surface area contributed by atoms with Crippen molar-refractivity contribution in [1.82, 2.24) is 5.32 Å². The number of unbranched alkanes of at least 4 members (excludes halogenated alkanes) is 1. The Labute approximate surface area is 106 Å². The standard InChI is InChI=1S/C14H28N2O/c1-12(11-13-7-3-2-4-8-13)16-14(17)9-5-6-10-15/h12-13H,2-11,15H2,1H3,(H,16,17)/t12-/m0/s1. The van der Waals surface area contributed by atoms with Crippen LogP contribution in [0.25, 0.3) is 0 Å². The lowest BCUT2D eigenvalue weighted by atomic mass is 9.85. The molecule has 1 aliphatic rings. The molecule has 1 amide bonds. The topological polar surface area (TPSA) is 55.1 Å². The van der Waals surface area contributed by atoms with Crippen molar-refractivity contribution in [1.29, 1.82) is 0 Å². The molecule has 1 atom stereocenters. The highest BCUT2D eigenvalue weighted by Gasteiger charge is 2.17. The Balaban J connectivity index is 2.10. The van der Waals surface area contributed by atoms with Gasteiger partial charge in [-0.25, -0.2) is 0 Å². The summed E-state index contributed by atoms with van der Waals surface area (Å²) >= 11 is 0. The number of amides is 1. The maximum Gasteiger partial charge on any atom is 0.220 e. The number of rotatable bonds is 7. The van der Waals surface area contributed by atoms with Crippen LogP contribution in [0.4, 0.5) is 0 Å². The Morgan fingerprint density at radius 2 is 2.00 bits per heavy atom.